The summed E-state index contributed by atoms with van der Waals surface area (Å²) in [6, 6.07) is -0.833. The number of ether oxygens (including phenoxy) is 4. The van der Waals surface area contributed by atoms with Crippen LogP contribution in [0.5, 0.6) is 0 Å². The molecule has 0 bridgehead atoms. The zero-order valence-electron chi connectivity index (χ0n) is 42.5. The van der Waals surface area contributed by atoms with Gasteiger partial charge in [-0.2, -0.15) is 0 Å². The molecule has 0 aliphatic carbocycles. The van der Waals surface area contributed by atoms with Crippen molar-refractivity contribution in [3.63, 3.8) is 0 Å². The van der Waals surface area contributed by atoms with Gasteiger partial charge in [0.05, 0.1) is 32.0 Å². The SMILES string of the molecule is CC/C=C\C/C=C\C/C=C\C/C=C\C/C=C\CCCCCCCCCCCC(=O)NC(COC1OC(CO)C(OC2OC(CO)C(O)C(O)C2O)C(O)C1O)C(O)CCCCCCCCCCCC. The van der Waals surface area contributed by atoms with E-state index in [4.69, 9.17) is 18.9 Å². The van der Waals surface area contributed by atoms with Gasteiger partial charge in [0, 0.05) is 6.42 Å². The van der Waals surface area contributed by atoms with Crippen LogP contribution in [0.15, 0.2) is 60.8 Å². The molecule has 9 N–H and O–H groups in total. The number of allylic oxidation sites excluding steroid dienone is 10. The number of carbonyl (C=O) groups is 1. The van der Waals surface area contributed by atoms with Crippen molar-refractivity contribution in [2.24, 2.45) is 0 Å². The highest BCUT2D eigenvalue weighted by Crippen LogP contribution is 2.30. The summed E-state index contributed by atoms with van der Waals surface area (Å²) < 4.78 is 22.7. The van der Waals surface area contributed by atoms with E-state index in [1.54, 1.807) is 0 Å². The second-order valence-corrected chi connectivity index (χ2v) is 19.0. The van der Waals surface area contributed by atoms with Crippen LogP contribution >= 0.6 is 0 Å². The zero-order chi connectivity index (χ0) is 50.3. The number of rotatable bonds is 41. The molecule has 2 fully saturated rings. The Hall–Kier alpha value is -2.31. The monoisotopic (exact) mass is 980 g/mol. The van der Waals surface area contributed by atoms with Crippen LogP contribution < -0.4 is 5.32 Å². The highest BCUT2D eigenvalue weighted by atomic mass is 16.7. The number of hydrogen-bond acceptors (Lipinski definition) is 13. The lowest BCUT2D eigenvalue weighted by Gasteiger charge is -2.46. The minimum absolute atomic E-state index is 0.218. The van der Waals surface area contributed by atoms with Crippen molar-refractivity contribution in [1.29, 1.82) is 0 Å². The molecule has 0 aromatic heterocycles. The number of aliphatic hydroxyl groups excluding tert-OH is 8. The van der Waals surface area contributed by atoms with Gasteiger partial charge < -0.3 is 65.1 Å². The van der Waals surface area contributed by atoms with Crippen molar-refractivity contribution in [1.82, 2.24) is 5.32 Å². The van der Waals surface area contributed by atoms with Crippen molar-refractivity contribution < 1.29 is 64.6 Å². The minimum Gasteiger partial charge on any atom is -0.394 e. The number of hydrogen-bond donors (Lipinski definition) is 9. The van der Waals surface area contributed by atoms with Crippen molar-refractivity contribution in [3.8, 4) is 0 Å². The van der Waals surface area contributed by atoms with Gasteiger partial charge in [-0.1, -0.05) is 184 Å². The maximum absolute atomic E-state index is 13.2. The Morgan fingerprint density at radius 1 is 0.536 bits per heavy atom. The van der Waals surface area contributed by atoms with Gasteiger partial charge in [-0.05, 0) is 57.8 Å². The van der Waals surface area contributed by atoms with Crippen LogP contribution in [0, 0.1) is 0 Å². The standard InChI is InChI=1S/C55H97NO13/c1-3-5-7-9-11-13-15-16-17-18-19-20-21-22-23-24-25-26-27-28-29-31-33-35-37-39-47(60)56-43(44(59)38-36-34-32-30-14-12-10-8-6-4-2)42-66-54-52(65)50(63)53(46(41-58)68-54)69-55-51(64)49(62)48(61)45(40-57)67-55/h5,7,11,13,16-17,19-20,22-23,43-46,48-55,57-59,61-65H,3-4,6,8-10,12,14-15,18,21,24-42H2,1-2H3,(H,56,60)/b7-5-,13-11-,17-16-,20-19-,23-22-. The second kappa shape index (κ2) is 41.2. The molecule has 0 radical (unpaired) electrons. The molecule has 0 aromatic carbocycles. The van der Waals surface area contributed by atoms with E-state index in [-0.39, 0.29) is 12.5 Å². The Labute approximate surface area is 416 Å². The molecule has 2 saturated heterocycles. The molecule has 2 aliphatic heterocycles. The Bertz CT molecular complexity index is 1390. The smallest absolute Gasteiger partial charge is 0.220 e. The van der Waals surface area contributed by atoms with E-state index in [1.807, 2.05) is 0 Å². The van der Waals surface area contributed by atoms with Gasteiger partial charge in [0.2, 0.25) is 5.91 Å². The predicted molar refractivity (Wildman–Crippen MR) is 272 cm³/mol. The molecule has 2 heterocycles. The molecule has 400 valence electrons. The van der Waals surface area contributed by atoms with Gasteiger partial charge in [0.1, 0.15) is 48.8 Å². The number of amides is 1. The fourth-order valence-electron chi connectivity index (χ4n) is 8.62. The minimum atomic E-state index is -1.78. The van der Waals surface area contributed by atoms with E-state index in [9.17, 15) is 45.6 Å². The Balaban J connectivity index is 1.73. The van der Waals surface area contributed by atoms with Crippen molar-refractivity contribution in [3.05, 3.63) is 60.8 Å². The average Bonchev–Trinajstić information content (AvgIpc) is 3.35. The molecule has 0 saturated carbocycles. The van der Waals surface area contributed by atoms with Gasteiger partial charge in [-0.3, -0.25) is 4.79 Å². The van der Waals surface area contributed by atoms with Crippen LogP contribution in [0.1, 0.15) is 187 Å². The van der Waals surface area contributed by atoms with Gasteiger partial charge >= 0.3 is 0 Å². The van der Waals surface area contributed by atoms with Crippen LogP contribution in [0.2, 0.25) is 0 Å². The quantitative estimate of drug-likeness (QED) is 0.0211. The molecular weight excluding hydrogens is 883 g/mol. The third-order valence-electron chi connectivity index (χ3n) is 13.0. The summed E-state index contributed by atoms with van der Waals surface area (Å²) in [6.07, 6.45) is 33.7. The largest absolute Gasteiger partial charge is 0.394 e. The number of unbranched alkanes of at least 4 members (excludes halogenated alkanes) is 18. The van der Waals surface area contributed by atoms with E-state index in [2.05, 4.69) is 79.9 Å². The molecule has 1 amide bonds. The summed E-state index contributed by atoms with van der Waals surface area (Å²) >= 11 is 0. The summed E-state index contributed by atoms with van der Waals surface area (Å²) in [7, 11) is 0. The molecule has 2 rings (SSSR count). The molecule has 14 heteroatoms. The average molecular weight is 980 g/mol. The molecule has 69 heavy (non-hydrogen) atoms. The van der Waals surface area contributed by atoms with Gasteiger partial charge in [-0.15, -0.1) is 0 Å². The lowest BCUT2D eigenvalue weighted by Crippen LogP contribution is -2.65. The summed E-state index contributed by atoms with van der Waals surface area (Å²) in [5.41, 5.74) is 0. The van der Waals surface area contributed by atoms with Crippen molar-refractivity contribution in [2.45, 2.75) is 261 Å². The third-order valence-corrected chi connectivity index (χ3v) is 13.0. The number of aliphatic hydroxyl groups is 8. The van der Waals surface area contributed by atoms with Gasteiger partial charge in [0.15, 0.2) is 12.6 Å². The molecule has 0 spiro atoms. The Morgan fingerprint density at radius 3 is 1.54 bits per heavy atom. The highest BCUT2D eigenvalue weighted by molar-refractivity contribution is 5.76. The van der Waals surface area contributed by atoms with Crippen LogP contribution in [-0.2, 0) is 23.7 Å². The van der Waals surface area contributed by atoms with E-state index in [0.717, 1.165) is 83.5 Å². The first kappa shape index (κ1) is 62.8. The lowest BCUT2D eigenvalue weighted by atomic mass is 9.97. The Morgan fingerprint density at radius 2 is 1.00 bits per heavy atom. The first-order valence-corrected chi connectivity index (χ1v) is 27.0. The van der Waals surface area contributed by atoms with Crippen molar-refractivity contribution >= 4 is 5.91 Å². The maximum Gasteiger partial charge on any atom is 0.220 e. The van der Waals surface area contributed by atoms with Gasteiger partial charge in [0.25, 0.3) is 0 Å². The highest BCUT2D eigenvalue weighted by Gasteiger charge is 2.51. The van der Waals surface area contributed by atoms with E-state index >= 15 is 0 Å². The molecule has 0 aromatic rings. The van der Waals surface area contributed by atoms with Crippen LogP contribution in [0.3, 0.4) is 0 Å². The zero-order valence-corrected chi connectivity index (χ0v) is 42.5. The fourth-order valence-corrected chi connectivity index (χ4v) is 8.62. The first-order chi connectivity index (χ1) is 33.6. The summed E-state index contributed by atoms with van der Waals surface area (Å²) in [6.45, 7) is 2.70. The van der Waals surface area contributed by atoms with Crippen LogP contribution in [0.4, 0.5) is 0 Å². The molecule has 12 atom stereocenters. The lowest BCUT2D eigenvalue weighted by molar-refractivity contribution is -0.359. The summed E-state index contributed by atoms with van der Waals surface area (Å²) in [5.74, 6) is -0.218. The molecule has 12 unspecified atom stereocenters. The Kier molecular flexibility index (Phi) is 37.5. The first-order valence-electron chi connectivity index (χ1n) is 27.0. The van der Waals surface area contributed by atoms with Crippen molar-refractivity contribution in [2.75, 3.05) is 19.8 Å². The normalized spacial score (nSPS) is 26.6. The fraction of sp³-hybridized carbons (Fsp3) is 0.800. The van der Waals surface area contributed by atoms with Crippen LogP contribution in [0.25, 0.3) is 0 Å². The summed E-state index contributed by atoms with van der Waals surface area (Å²) in [4.78, 5) is 13.2. The number of carbonyl (C=O) groups excluding carboxylic acids is 1. The van der Waals surface area contributed by atoms with E-state index in [1.165, 1.54) is 70.6 Å². The van der Waals surface area contributed by atoms with E-state index in [0.29, 0.717) is 19.3 Å². The summed E-state index contributed by atoms with van der Waals surface area (Å²) in [5, 5.41) is 86.9. The van der Waals surface area contributed by atoms with Gasteiger partial charge in [-0.25, -0.2) is 0 Å². The number of nitrogens with one attached hydrogen (secondary N) is 1. The van der Waals surface area contributed by atoms with E-state index < -0.39 is 86.8 Å². The second-order valence-electron chi connectivity index (χ2n) is 19.0. The molecular formula is C55H97NO13. The topological polar surface area (TPSA) is 228 Å². The maximum atomic E-state index is 13.2. The molecule has 14 nitrogen and oxygen atoms in total. The third kappa shape index (κ3) is 27.9. The predicted octanol–water partition coefficient (Wildman–Crippen LogP) is 7.83. The van der Waals surface area contributed by atoms with Crippen LogP contribution in [-0.4, -0.2) is 140 Å². The molecule has 2 aliphatic rings.